The first kappa shape index (κ1) is 9.14. The van der Waals surface area contributed by atoms with E-state index in [1.165, 1.54) is 0 Å². The fraction of sp³-hybridized carbons (Fsp3) is 1.00. The predicted molar refractivity (Wildman–Crippen MR) is 40.9 cm³/mol. The molecule has 0 aromatic carbocycles. The van der Waals surface area contributed by atoms with Crippen molar-refractivity contribution in [3.8, 4) is 0 Å². The minimum Gasteiger partial charge on any atom is -0.397 e. The van der Waals surface area contributed by atoms with Crippen LogP contribution in [0, 0.1) is 0 Å². The molecule has 3 heteroatoms. The summed E-state index contributed by atoms with van der Waals surface area (Å²) >= 11 is 0. The maximum atomic E-state index is 5.35. The van der Waals surface area contributed by atoms with Gasteiger partial charge in [0.25, 0.3) is 0 Å². The Morgan fingerprint density at radius 1 is 1.00 bits per heavy atom. The lowest BCUT2D eigenvalue weighted by Crippen LogP contribution is -2.21. The first-order chi connectivity index (χ1) is 4.35. The highest BCUT2D eigenvalue weighted by molar-refractivity contribution is 6.44. The molecule has 0 heterocycles. The van der Waals surface area contributed by atoms with Crippen LogP contribution < -0.4 is 0 Å². The lowest BCUT2D eigenvalue weighted by atomic mass is 10.9. The van der Waals surface area contributed by atoms with Crippen LogP contribution in [0.3, 0.4) is 0 Å². The van der Waals surface area contributed by atoms with Crippen molar-refractivity contribution in [2.45, 2.75) is 26.8 Å². The standard InChI is InChI=1S/C6H16O2Si/c1-4-7-9(6-3)8-5-2/h9H,4-6H2,1-3H3. The molecule has 0 fully saturated rings. The molecule has 9 heavy (non-hydrogen) atoms. The molecule has 0 rings (SSSR count). The maximum absolute atomic E-state index is 5.35. The summed E-state index contributed by atoms with van der Waals surface area (Å²) in [6, 6.07) is 1.07. The van der Waals surface area contributed by atoms with Crippen LogP contribution >= 0.6 is 0 Å². The highest BCUT2D eigenvalue weighted by Gasteiger charge is 2.06. The van der Waals surface area contributed by atoms with Crippen LogP contribution in [0.15, 0.2) is 0 Å². The van der Waals surface area contributed by atoms with E-state index in [1.807, 2.05) is 13.8 Å². The number of rotatable bonds is 5. The summed E-state index contributed by atoms with van der Waals surface area (Å²) in [5.41, 5.74) is 0. The van der Waals surface area contributed by atoms with Crippen molar-refractivity contribution in [1.29, 1.82) is 0 Å². The zero-order chi connectivity index (χ0) is 7.11. The van der Waals surface area contributed by atoms with E-state index >= 15 is 0 Å². The van der Waals surface area contributed by atoms with Crippen molar-refractivity contribution in [3.05, 3.63) is 0 Å². The van der Waals surface area contributed by atoms with E-state index in [0.29, 0.717) is 0 Å². The third-order valence-corrected chi connectivity index (χ3v) is 3.12. The topological polar surface area (TPSA) is 18.5 Å². The molecule has 0 radical (unpaired) electrons. The van der Waals surface area contributed by atoms with E-state index in [0.717, 1.165) is 19.3 Å². The monoisotopic (exact) mass is 148 g/mol. The molecule has 0 bridgehead atoms. The second-order valence-corrected chi connectivity index (χ2v) is 4.09. The van der Waals surface area contributed by atoms with Gasteiger partial charge in [0.1, 0.15) is 0 Å². The first-order valence-electron chi connectivity index (χ1n) is 3.58. The fourth-order valence-corrected chi connectivity index (χ4v) is 1.97. The molecule has 0 N–H and O–H groups in total. The molecular weight excluding hydrogens is 132 g/mol. The van der Waals surface area contributed by atoms with Gasteiger partial charge in [-0.3, -0.25) is 0 Å². The summed E-state index contributed by atoms with van der Waals surface area (Å²) in [6.45, 7) is 7.72. The number of hydrogen-bond acceptors (Lipinski definition) is 2. The van der Waals surface area contributed by atoms with Gasteiger partial charge < -0.3 is 8.85 Å². The third kappa shape index (κ3) is 4.63. The molecular formula is C6H16O2Si. The Balaban J connectivity index is 3.18. The molecule has 0 aliphatic heterocycles. The van der Waals surface area contributed by atoms with E-state index in [9.17, 15) is 0 Å². The normalized spacial score (nSPS) is 10.7. The van der Waals surface area contributed by atoms with Crippen molar-refractivity contribution < 1.29 is 8.85 Å². The molecule has 0 unspecified atom stereocenters. The van der Waals surface area contributed by atoms with Crippen LogP contribution in [-0.2, 0) is 8.85 Å². The Morgan fingerprint density at radius 2 is 1.44 bits per heavy atom. The molecule has 0 spiro atoms. The lowest BCUT2D eigenvalue weighted by molar-refractivity contribution is 0.214. The first-order valence-corrected chi connectivity index (χ1v) is 5.34. The molecule has 0 aromatic rings. The largest absolute Gasteiger partial charge is 0.397 e. The van der Waals surface area contributed by atoms with Gasteiger partial charge in [-0.25, -0.2) is 0 Å². The van der Waals surface area contributed by atoms with Gasteiger partial charge in [0, 0.05) is 13.2 Å². The molecule has 0 amide bonds. The Morgan fingerprint density at radius 3 is 1.67 bits per heavy atom. The summed E-state index contributed by atoms with van der Waals surface area (Å²) in [5.74, 6) is 0. The van der Waals surface area contributed by atoms with Gasteiger partial charge in [-0.15, -0.1) is 0 Å². The van der Waals surface area contributed by atoms with Crippen molar-refractivity contribution >= 4 is 9.28 Å². The van der Waals surface area contributed by atoms with Crippen molar-refractivity contribution in [1.82, 2.24) is 0 Å². The predicted octanol–water partition coefficient (Wildman–Crippen LogP) is 1.30. The molecule has 56 valence electrons. The van der Waals surface area contributed by atoms with Crippen LogP contribution in [0.2, 0.25) is 6.04 Å². The quantitative estimate of drug-likeness (QED) is 0.547. The smallest absolute Gasteiger partial charge is 0.321 e. The van der Waals surface area contributed by atoms with E-state index in [2.05, 4.69) is 6.92 Å². The molecule has 2 nitrogen and oxygen atoms in total. The zero-order valence-electron chi connectivity index (χ0n) is 6.52. The summed E-state index contributed by atoms with van der Waals surface area (Å²) in [4.78, 5) is 0. The maximum Gasteiger partial charge on any atom is 0.321 e. The van der Waals surface area contributed by atoms with Gasteiger partial charge in [0.15, 0.2) is 0 Å². The van der Waals surface area contributed by atoms with E-state index in [4.69, 9.17) is 8.85 Å². The van der Waals surface area contributed by atoms with Gasteiger partial charge in [0.05, 0.1) is 0 Å². The second kappa shape index (κ2) is 6.26. The van der Waals surface area contributed by atoms with Crippen LogP contribution in [-0.4, -0.2) is 22.5 Å². The van der Waals surface area contributed by atoms with Gasteiger partial charge in [-0.05, 0) is 19.9 Å². The minimum atomic E-state index is -1.21. The molecule has 0 aliphatic rings. The van der Waals surface area contributed by atoms with Crippen molar-refractivity contribution in [2.75, 3.05) is 13.2 Å². The summed E-state index contributed by atoms with van der Waals surface area (Å²) in [6.07, 6.45) is 0. The third-order valence-electron chi connectivity index (χ3n) is 1.04. The van der Waals surface area contributed by atoms with Gasteiger partial charge in [-0.2, -0.15) is 0 Å². The van der Waals surface area contributed by atoms with Crippen molar-refractivity contribution in [3.63, 3.8) is 0 Å². The molecule has 0 saturated heterocycles. The van der Waals surface area contributed by atoms with E-state index in [1.54, 1.807) is 0 Å². The zero-order valence-corrected chi connectivity index (χ0v) is 7.67. The average molecular weight is 148 g/mol. The lowest BCUT2D eigenvalue weighted by Gasteiger charge is -2.11. The van der Waals surface area contributed by atoms with Gasteiger partial charge in [-0.1, -0.05) is 6.92 Å². The van der Waals surface area contributed by atoms with Gasteiger partial charge >= 0.3 is 9.28 Å². The SMILES string of the molecule is CCO[SiH](CC)OCC. The minimum absolute atomic E-state index is 0.796. The Bertz CT molecular complexity index is 53.0. The molecule has 0 atom stereocenters. The Hall–Kier alpha value is 0.137. The Kier molecular flexibility index (Phi) is 6.35. The van der Waals surface area contributed by atoms with Crippen LogP contribution in [0.5, 0.6) is 0 Å². The molecule has 0 saturated carbocycles. The van der Waals surface area contributed by atoms with Gasteiger partial charge in [0.2, 0.25) is 0 Å². The van der Waals surface area contributed by atoms with Crippen molar-refractivity contribution in [2.24, 2.45) is 0 Å². The fourth-order valence-electron chi connectivity index (χ4n) is 0.656. The van der Waals surface area contributed by atoms with E-state index in [-0.39, 0.29) is 0 Å². The second-order valence-electron chi connectivity index (χ2n) is 1.75. The summed E-state index contributed by atoms with van der Waals surface area (Å²) in [7, 11) is -1.21. The van der Waals surface area contributed by atoms with Crippen LogP contribution in [0.25, 0.3) is 0 Å². The average Bonchev–Trinajstić information content (AvgIpc) is 1.88. The summed E-state index contributed by atoms with van der Waals surface area (Å²) in [5, 5.41) is 0. The highest BCUT2D eigenvalue weighted by atomic mass is 28.3. The summed E-state index contributed by atoms with van der Waals surface area (Å²) < 4.78 is 10.7. The van der Waals surface area contributed by atoms with Crippen LogP contribution in [0.4, 0.5) is 0 Å². The van der Waals surface area contributed by atoms with Crippen LogP contribution in [0.1, 0.15) is 20.8 Å². The van der Waals surface area contributed by atoms with E-state index < -0.39 is 9.28 Å². The molecule has 0 aliphatic carbocycles. The Labute approximate surface area is 59.0 Å². The number of hydrogen-bond donors (Lipinski definition) is 0. The highest BCUT2D eigenvalue weighted by Crippen LogP contribution is 1.94. The molecule has 0 aromatic heterocycles.